The van der Waals surface area contributed by atoms with Gasteiger partial charge in [-0.15, -0.1) is 5.10 Å². The first-order valence-electron chi connectivity index (χ1n) is 10.4. The minimum Gasteiger partial charge on any atom is -0.501 e. The molecule has 4 rings (SSSR count). The quantitative estimate of drug-likeness (QED) is 0.583. The number of fused-ring (bicyclic) bond motifs is 1. The molecule has 32 heavy (non-hydrogen) atoms. The lowest BCUT2D eigenvalue weighted by molar-refractivity contribution is 0.0627. The standard InChI is InChI=1S/C22H25FN6O3/c1-22(2)21-25-18(17(30)9-6-14-4-7-15(23)8-5-14)19(31)20(32)29(21)11-10-28(22)13-16-12-24-26-27(16)3/h4-5,7-8,12,31H,6,9-11,13H2,1-3H3. The Morgan fingerprint density at radius 2 is 1.94 bits per heavy atom. The first-order chi connectivity index (χ1) is 15.2. The maximum atomic E-state index is 13.1. The highest BCUT2D eigenvalue weighted by molar-refractivity contribution is 5.96. The Bertz CT molecular complexity index is 1220. The van der Waals surface area contributed by atoms with Gasteiger partial charge in [-0.1, -0.05) is 17.3 Å². The number of rotatable bonds is 6. The van der Waals surface area contributed by atoms with Crippen molar-refractivity contribution in [2.75, 3.05) is 6.54 Å². The fourth-order valence-corrected chi connectivity index (χ4v) is 4.01. The van der Waals surface area contributed by atoms with E-state index in [0.717, 1.165) is 11.3 Å². The molecule has 0 radical (unpaired) electrons. The number of aryl methyl sites for hydroxylation is 2. The Morgan fingerprint density at radius 1 is 1.22 bits per heavy atom. The van der Waals surface area contributed by atoms with Crippen LogP contribution in [0, 0.1) is 5.82 Å². The summed E-state index contributed by atoms with van der Waals surface area (Å²) in [5, 5.41) is 18.3. The zero-order valence-corrected chi connectivity index (χ0v) is 18.2. The fourth-order valence-electron chi connectivity index (χ4n) is 4.01. The van der Waals surface area contributed by atoms with E-state index in [1.807, 2.05) is 20.9 Å². The van der Waals surface area contributed by atoms with Crippen LogP contribution in [0.1, 0.15) is 47.8 Å². The maximum Gasteiger partial charge on any atom is 0.296 e. The number of carbonyl (C=O) groups excluding carboxylic acids is 1. The van der Waals surface area contributed by atoms with E-state index in [9.17, 15) is 19.1 Å². The van der Waals surface area contributed by atoms with Gasteiger partial charge in [0, 0.05) is 33.1 Å². The summed E-state index contributed by atoms with van der Waals surface area (Å²) >= 11 is 0. The van der Waals surface area contributed by atoms with Crippen molar-refractivity contribution in [3.05, 3.63) is 69.4 Å². The summed E-state index contributed by atoms with van der Waals surface area (Å²) in [6.07, 6.45) is 2.08. The molecule has 0 amide bonds. The van der Waals surface area contributed by atoms with Gasteiger partial charge in [-0.3, -0.25) is 23.7 Å². The summed E-state index contributed by atoms with van der Waals surface area (Å²) in [5.74, 6) is -0.989. The Hall–Kier alpha value is -3.40. The lowest BCUT2D eigenvalue weighted by Gasteiger charge is -2.43. The second-order valence-electron chi connectivity index (χ2n) is 8.47. The summed E-state index contributed by atoms with van der Waals surface area (Å²) in [5.41, 5.74) is 0.172. The van der Waals surface area contributed by atoms with Crippen molar-refractivity contribution in [3.63, 3.8) is 0 Å². The molecule has 0 spiro atoms. The molecule has 168 valence electrons. The molecule has 2 aromatic heterocycles. The third-order valence-corrected chi connectivity index (χ3v) is 6.06. The summed E-state index contributed by atoms with van der Waals surface area (Å²) in [4.78, 5) is 32.3. The van der Waals surface area contributed by atoms with E-state index in [1.54, 1.807) is 23.0 Å². The molecule has 0 bridgehead atoms. The number of nitrogens with zero attached hydrogens (tertiary/aromatic N) is 6. The lowest BCUT2D eigenvalue weighted by atomic mass is 9.97. The van der Waals surface area contributed by atoms with Crippen molar-refractivity contribution < 1.29 is 14.3 Å². The minimum absolute atomic E-state index is 0.0416. The third kappa shape index (κ3) is 3.93. The molecule has 0 saturated heterocycles. The lowest BCUT2D eigenvalue weighted by Crippen LogP contribution is -2.52. The van der Waals surface area contributed by atoms with E-state index in [-0.39, 0.29) is 17.9 Å². The largest absolute Gasteiger partial charge is 0.501 e. The molecule has 0 saturated carbocycles. The van der Waals surface area contributed by atoms with Gasteiger partial charge in [0.05, 0.1) is 17.4 Å². The van der Waals surface area contributed by atoms with E-state index < -0.39 is 22.6 Å². The number of aromatic nitrogens is 5. The minimum atomic E-state index is -0.679. The van der Waals surface area contributed by atoms with Crippen molar-refractivity contribution in [2.24, 2.45) is 7.05 Å². The molecule has 3 aromatic rings. The number of Topliss-reactive ketones (excluding diaryl/α,β-unsaturated/α-hetero) is 1. The van der Waals surface area contributed by atoms with Gasteiger partial charge in [0.25, 0.3) is 5.56 Å². The van der Waals surface area contributed by atoms with Crippen LogP contribution in [-0.2, 0) is 32.1 Å². The van der Waals surface area contributed by atoms with Crippen LogP contribution in [0.25, 0.3) is 0 Å². The van der Waals surface area contributed by atoms with Crippen LogP contribution >= 0.6 is 0 Å². The molecule has 10 heteroatoms. The average Bonchev–Trinajstić information content (AvgIpc) is 3.16. The number of halogens is 1. The van der Waals surface area contributed by atoms with E-state index in [1.165, 1.54) is 16.7 Å². The van der Waals surface area contributed by atoms with Crippen LogP contribution < -0.4 is 5.56 Å². The van der Waals surface area contributed by atoms with Crippen LogP contribution in [0.4, 0.5) is 4.39 Å². The topological polar surface area (TPSA) is 106 Å². The van der Waals surface area contributed by atoms with Gasteiger partial charge in [-0.2, -0.15) is 0 Å². The summed E-state index contributed by atoms with van der Waals surface area (Å²) < 4.78 is 16.2. The second kappa shape index (κ2) is 8.27. The van der Waals surface area contributed by atoms with Crippen molar-refractivity contribution in [2.45, 2.75) is 45.3 Å². The molecule has 0 fully saturated rings. The summed E-state index contributed by atoms with van der Waals surface area (Å²) in [7, 11) is 1.81. The third-order valence-electron chi connectivity index (χ3n) is 6.06. The van der Waals surface area contributed by atoms with E-state index in [2.05, 4.69) is 20.2 Å². The molecule has 0 atom stereocenters. The highest BCUT2D eigenvalue weighted by Crippen LogP contribution is 2.32. The molecule has 0 unspecified atom stereocenters. The highest BCUT2D eigenvalue weighted by atomic mass is 19.1. The fraction of sp³-hybridized carbons (Fsp3) is 0.409. The van der Waals surface area contributed by atoms with Crippen molar-refractivity contribution in [3.8, 4) is 5.75 Å². The van der Waals surface area contributed by atoms with Gasteiger partial charge < -0.3 is 5.11 Å². The SMILES string of the molecule is Cn1nncc1CN1CCn2c(nc(C(=O)CCc3ccc(F)cc3)c(O)c2=O)C1(C)C. The first kappa shape index (κ1) is 21.8. The Labute approximate surface area is 184 Å². The number of carbonyl (C=O) groups is 1. The molecule has 0 aliphatic carbocycles. The number of aromatic hydroxyl groups is 1. The first-order valence-corrected chi connectivity index (χ1v) is 10.4. The van der Waals surface area contributed by atoms with Gasteiger partial charge in [0.15, 0.2) is 11.5 Å². The smallest absolute Gasteiger partial charge is 0.296 e. The Kier molecular flexibility index (Phi) is 5.64. The summed E-state index contributed by atoms with van der Waals surface area (Å²) in [6.45, 7) is 5.30. The summed E-state index contributed by atoms with van der Waals surface area (Å²) in [6, 6.07) is 5.86. The average molecular weight is 440 g/mol. The zero-order valence-electron chi connectivity index (χ0n) is 18.2. The van der Waals surface area contributed by atoms with Crippen LogP contribution in [-0.4, -0.2) is 46.9 Å². The second-order valence-corrected chi connectivity index (χ2v) is 8.47. The maximum absolute atomic E-state index is 13.1. The van der Waals surface area contributed by atoms with Gasteiger partial charge in [-0.25, -0.2) is 9.37 Å². The Balaban J connectivity index is 1.62. The molecule has 1 aliphatic rings. The monoisotopic (exact) mass is 440 g/mol. The van der Waals surface area contributed by atoms with Crippen LogP contribution in [0.2, 0.25) is 0 Å². The zero-order chi connectivity index (χ0) is 23.0. The van der Waals surface area contributed by atoms with Crippen LogP contribution in [0.5, 0.6) is 5.75 Å². The Morgan fingerprint density at radius 3 is 2.59 bits per heavy atom. The van der Waals surface area contributed by atoms with Gasteiger partial charge in [0.1, 0.15) is 11.6 Å². The molecule has 3 heterocycles. The number of hydrogen-bond acceptors (Lipinski definition) is 7. The molecular formula is C22H25FN6O3. The molecule has 1 aromatic carbocycles. The predicted molar refractivity (Wildman–Crippen MR) is 114 cm³/mol. The molecule has 1 N–H and O–H groups in total. The molecule has 1 aliphatic heterocycles. The van der Waals surface area contributed by atoms with Crippen LogP contribution in [0.3, 0.4) is 0 Å². The van der Waals surface area contributed by atoms with Crippen molar-refractivity contribution in [1.29, 1.82) is 0 Å². The van der Waals surface area contributed by atoms with Gasteiger partial charge in [0.2, 0.25) is 5.75 Å². The molecular weight excluding hydrogens is 415 g/mol. The normalized spacial score (nSPS) is 15.5. The number of hydrogen-bond donors (Lipinski definition) is 1. The highest BCUT2D eigenvalue weighted by Gasteiger charge is 2.39. The van der Waals surface area contributed by atoms with E-state index >= 15 is 0 Å². The van der Waals surface area contributed by atoms with Gasteiger partial charge in [-0.05, 0) is 38.0 Å². The molecule has 9 nitrogen and oxygen atoms in total. The number of ketones is 1. The van der Waals surface area contributed by atoms with Gasteiger partial charge >= 0.3 is 0 Å². The van der Waals surface area contributed by atoms with Crippen LogP contribution in [0.15, 0.2) is 35.3 Å². The number of benzene rings is 1. The predicted octanol–water partition coefficient (Wildman–Crippen LogP) is 1.78. The van der Waals surface area contributed by atoms with E-state index in [4.69, 9.17) is 0 Å². The van der Waals surface area contributed by atoms with E-state index in [0.29, 0.717) is 31.9 Å². The van der Waals surface area contributed by atoms with Crippen molar-refractivity contribution in [1.82, 2.24) is 29.4 Å². The van der Waals surface area contributed by atoms with Crippen molar-refractivity contribution >= 4 is 5.78 Å².